The minimum absolute atomic E-state index is 0.00843. The zero-order chi connectivity index (χ0) is 90.4. The Morgan fingerprint density at radius 3 is 0.776 bits per heavy atom. The summed E-state index contributed by atoms with van der Waals surface area (Å²) in [6.45, 7) is 14.2. The van der Waals surface area contributed by atoms with Gasteiger partial charge in [-0.2, -0.15) is 0 Å². The molecule has 5 heteroatoms. The van der Waals surface area contributed by atoms with E-state index < -0.39 is 0 Å². The lowest BCUT2D eigenvalue weighted by Gasteiger charge is -2.28. The third-order valence-corrected chi connectivity index (χ3v) is 27.6. The van der Waals surface area contributed by atoms with Crippen LogP contribution in [0.15, 0.2) is 504 Å². The lowest BCUT2D eigenvalue weighted by atomic mass is 9.80. The van der Waals surface area contributed by atoms with Gasteiger partial charge in [-0.25, -0.2) is 0 Å². The summed E-state index contributed by atoms with van der Waals surface area (Å²) in [4.78, 5) is 11.6. The maximum Gasteiger partial charge on any atom is 0.0468 e. The van der Waals surface area contributed by atoms with Gasteiger partial charge >= 0.3 is 0 Å². The minimum Gasteiger partial charge on any atom is -0.311 e. The lowest BCUT2D eigenvalue weighted by molar-refractivity contribution is 0.661. The van der Waals surface area contributed by atoms with E-state index >= 15 is 0 Å². The van der Waals surface area contributed by atoms with Gasteiger partial charge in [-0.05, 0) is 340 Å². The average Bonchev–Trinajstić information content (AvgIpc) is 1.57. The van der Waals surface area contributed by atoms with Crippen LogP contribution in [0.4, 0.5) is 85.3 Å². The van der Waals surface area contributed by atoms with Crippen molar-refractivity contribution in [3.63, 3.8) is 0 Å². The molecule has 134 heavy (non-hydrogen) atoms. The minimum atomic E-state index is -0.149. The van der Waals surface area contributed by atoms with Crippen LogP contribution in [0.2, 0.25) is 0 Å². The van der Waals surface area contributed by atoms with Crippen molar-refractivity contribution in [1.29, 1.82) is 0 Å². The van der Waals surface area contributed by atoms with Gasteiger partial charge < -0.3 is 24.5 Å². The Morgan fingerprint density at radius 2 is 0.381 bits per heavy atom. The molecule has 0 radical (unpaired) electrons. The van der Waals surface area contributed by atoms with Gasteiger partial charge in [0.2, 0.25) is 0 Å². The molecule has 3 aliphatic carbocycles. The quantitative estimate of drug-likeness (QED) is 0.0900. The molecule has 21 aromatic carbocycles. The topological polar surface area (TPSA) is 16.2 Å². The van der Waals surface area contributed by atoms with Gasteiger partial charge in [-0.1, -0.05) is 327 Å². The zero-order valence-electron chi connectivity index (χ0n) is 76.2. The van der Waals surface area contributed by atoms with Crippen molar-refractivity contribution in [3.05, 3.63) is 537 Å². The Kier molecular flexibility index (Phi) is 21.7. The van der Waals surface area contributed by atoms with E-state index in [1.54, 1.807) is 0 Å². The molecule has 0 unspecified atom stereocenters. The number of hydrogen-bond acceptors (Lipinski definition) is 5. The first-order valence-electron chi connectivity index (χ1n) is 46.6. The zero-order valence-corrected chi connectivity index (χ0v) is 76.2. The molecule has 0 saturated carbocycles. The van der Waals surface area contributed by atoms with Gasteiger partial charge in [0.15, 0.2) is 0 Å². The Labute approximate surface area is 787 Å². The fourth-order valence-electron chi connectivity index (χ4n) is 20.9. The van der Waals surface area contributed by atoms with Gasteiger partial charge in [0.25, 0.3) is 0 Å². The van der Waals surface area contributed by atoms with Crippen molar-refractivity contribution < 1.29 is 0 Å². The maximum atomic E-state index is 2.43. The number of nitrogens with zero attached hydrogens (tertiary/aromatic N) is 5. The standard InChI is InChI=1S/2C49H38N2.C31H25N/c1-49(2)47-33-37(35-23-27-43(28-24-35)50(39-15-7-3-8-16-39)40-17-9-4-10-18-40)26-30-45(47)46-32-36-25-29-44(31-38(36)34-48(46)49)51(41-19-11-5-12-20-41)42-21-13-6-14-22-42;1-49(2)47-33-38-31-36(35-25-27-43(28-26-35)50(39-15-7-3-8-16-39)40-17-9-4-10-18-40)23-24-37(38)32-46(47)45-30-29-44(34-48(45)49)51(41-19-11-5-12-20-41)42-21-13-6-14-22-42;1-31(2)29-16-10-9-15-27(29)28-19-17-22-21-25(18-20-26(22)30(28)31)32(23-11-5-3-6-12-23)24-13-7-4-8-14-24/h2*3-34H,1-2H3;3-21H,1-2H3. The van der Waals surface area contributed by atoms with Gasteiger partial charge in [0.05, 0.1) is 0 Å². The Balaban J connectivity index is 0.000000120. The van der Waals surface area contributed by atoms with E-state index in [4.69, 9.17) is 0 Å². The number of benzene rings is 21. The van der Waals surface area contributed by atoms with E-state index in [-0.39, 0.29) is 16.2 Å². The Hall–Kier alpha value is -16.6. The highest BCUT2D eigenvalue weighted by Gasteiger charge is 2.40. The van der Waals surface area contributed by atoms with Crippen LogP contribution >= 0.6 is 0 Å². The summed E-state index contributed by atoms with van der Waals surface area (Å²) in [7, 11) is 0. The highest BCUT2D eigenvalue weighted by atomic mass is 15.2. The van der Waals surface area contributed by atoms with Crippen molar-refractivity contribution >= 4 is 118 Å². The molecule has 3 aliphatic rings. The molecule has 0 atom stereocenters. The van der Waals surface area contributed by atoms with Crippen molar-refractivity contribution in [2.45, 2.75) is 57.8 Å². The molecule has 0 aromatic heterocycles. The molecule has 0 amide bonds. The van der Waals surface area contributed by atoms with E-state index in [0.29, 0.717) is 0 Å². The highest BCUT2D eigenvalue weighted by molar-refractivity contribution is 6.02. The highest BCUT2D eigenvalue weighted by Crippen LogP contribution is 2.56. The molecule has 0 saturated heterocycles. The fourth-order valence-corrected chi connectivity index (χ4v) is 20.9. The van der Waals surface area contributed by atoms with E-state index in [0.717, 1.165) is 73.9 Å². The molecule has 642 valence electrons. The summed E-state index contributed by atoms with van der Waals surface area (Å²) >= 11 is 0. The molecule has 0 bridgehead atoms. The summed E-state index contributed by atoms with van der Waals surface area (Å²) in [6, 6.07) is 182. The second-order valence-electron chi connectivity index (χ2n) is 36.8. The fraction of sp³-hybridized carbons (Fsp3) is 0.0698. The van der Waals surface area contributed by atoms with Gasteiger partial charge in [0, 0.05) is 102 Å². The maximum absolute atomic E-state index is 2.43. The van der Waals surface area contributed by atoms with Crippen molar-refractivity contribution in [2.24, 2.45) is 0 Å². The van der Waals surface area contributed by atoms with Crippen LogP contribution in [-0.2, 0) is 16.2 Å². The number of rotatable bonds is 17. The molecule has 0 N–H and O–H groups in total. The van der Waals surface area contributed by atoms with E-state index in [1.807, 2.05) is 0 Å². The summed E-state index contributed by atoms with van der Waals surface area (Å²) in [5.41, 5.74) is 38.2. The van der Waals surface area contributed by atoms with Crippen LogP contribution < -0.4 is 24.5 Å². The number of fused-ring (bicyclic) bond motifs is 13. The number of anilines is 15. The van der Waals surface area contributed by atoms with Gasteiger partial charge in [-0.3, -0.25) is 0 Å². The first-order valence-corrected chi connectivity index (χ1v) is 46.6. The normalized spacial score (nSPS) is 12.9. The first-order chi connectivity index (χ1) is 65.7. The third kappa shape index (κ3) is 15.5. The van der Waals surface area contributed by atoms with Crippen LogP contribution in [-0.4, -0.2) is 0 Å². The van der Waals surface area contributed by atoms with Gasteiger partial charge in [-0.15, -0.1) is 0 Å². The van der Waals surface area contributed by atoms with Crippen LogP contribution in [0.5, 0.6) is 0 Å². The third-order valence-electron chi connectivity index (χ3n) is 27.6. The van der Waals surface area contributed by atoms with Crippen LogP contribution in [0.3, 0.4) is 0 Å². The lowest BCUT2D eigenvalue weighted by Crippen LogP contribution is -2.16. The molecular weight excluding hydrogens is 1620 g/mol. The first kappa shape index (κ1) is 83.0. The molecule has 0 aliphatic heterocycles. The second kappa shape index (κ2) is 35.0. The summed E-state index contributed by atoms with van der Waals surface area (Å²) in [5, 5.41) is 7.65. The summed E-state index contributed by atoms with van der Waals surface area (Å²) in [5.74, 6) is 0. The predicted octanol–water partition coefficient (Wildman–Crippen LogP) is 36.1. The molecular formula is C129H101N5. The second-order valence-corrected chi connectivity index (χ2v) is 36.8. The number of para-hydroxylation sites is 10. The molecule has 0 fully saturated rings. The van der Waals surface area contributed by atoms with Crippen LogP contribution in [0.1, 0.15) is 74.9 Å². The Morgan fingerprint density at radius 1 is 0.134 bits per heavy atom. The van der Waals surface area contributed by atoms with Gasteiger partial charge in [0.1, 0.15) is 0 Å². The van der Waals surface area contributed by atoms with E-state index in [9.17, 15) is 0 Å². The van der Waals surface area contributed by atoms with Crippen LogP contribution in [0.25, 0.3) is 88.0 Å². The van der Waals surface area contributed by atoms with E-state index in [2.05, 4.69) is 570 Å². The average molecular weight is 1720 g/mol. The molecule has 0 heterocycles. The molecule has 5 nitrogen and oxygen atoms in total. The van der Waals surface area contributed by atoms with E-state index in [1.165, 1.54) is 133 Å². The number of hydrogen-bond donors (Lipinski definition) is 0. The van der Waals surface area contributed by atoms with Crippen molar-refractivity contribution in [3.8, 4) is 55.6 Å². The summed E-state index contributed by atoms with van der Waals surface area (Å²) < 4.78 is 0. The Bertz CT molecular complexity index is 7630. The SMILES string of the molecule is CC1(C)c2cc(-c3ccc(N(c4ccccc4)c4ccccc4)cc3)ccc2-c2cc3ccc(N(c4ccccc4)c4ccccc4)cc3cc21.CC1(C)c2cc(N(c3ccccc3)c3ccccc3)ccc2-c2cc3ccc(-c4ccc(N(c5ccccc5)c5ccccc5)cc4)cc3cc21.CC1(C)c2ccccc2-c2ccc3cc(N(c4ccccc4)c4ccccc4)ccc3c21. The molecule has 24 rings (SSSR count). The van der Waals surface area contributed by atoms with Crippen molar-refractivity contribution in [1.82, 2.24) is 0 Å². The monoisotopic (exact) mass is 1720 g/mol. The predicted molar refractivity (Wildman–Crippen MR) is 569 cm³/mol. The van der Waals surface area contributed by atoms with Crippen molar-refractivity contribution in [2.75, 3.05) is 24.5 Å². The largest absolute Gasteiger partial charge is 0.311 e. The smallest absolute Gasteiger partial charge is 0.0468 e. The molecule has 21 aromatic rings. The summed E-state index contributed by atoms with van der Waals surface area (Å²) in [6.07, 6.45) is 0. The van der Waals surface area contributed by atoms with Crippen LogP contribution in [0, 0.1) is 0 Å². The molecule has 0 spiro atoms.